The van der Waals surface area contributed by atoms with Crippen LogP contribution in [-0.2, 0) is 11.3 Å². The fourth-order valence-electron chi connectivity index (χ4n) is 1.87. The highest BCUT2D eigenvalue weighted by atomic mass is 32.2. The quantitative estimate of drug-likeness (QED) is 0.609. The fraction of sp³-hybridized carbons (Fsp3) is 0.600. The highest BCUT2D eigenvalue weighted by molar-refractivity contribution is 7.99. The SMILES string of the molecule is CSC(CO)C(C)NCC(O)COCc1ccccc1F. The van der Waals surface area contributed by atoms with Gasteiger partial charge in [-0.15, -0.1) is 0 Å². The van der Waals surface area contributed by atoms with Crippen LogP contribution in [0.4, 0.5) is 4.39 Å². The van der Waals surface area contributed by atoms with Crippen molar-refractivity contribution in [1.29, 1.82) is 0 Å². The summed E-state index contributed by atoms with van der Waals surface area (Å²) in [6.07, 6.45) is 1.27. The van der Waals surface area contributed by atoms with Crippen LogP contribution < -0.4 is 5.32 Å². The molecule has 4 nitrogen and oxygen atoms in total. The molecule has 0 aliphatic carbocycles. The second-order valence-corrected chi connectivity index (χ2v) is 5.99. The Morgan fingerprint density at radius 1 is 1.38 bits per heavy atom. The molecule has 120 valence electrons. The maximum Gasteiger partial charge on any atom is 0.128 e. The lowest BCUT2D eigenvalue weighted by Gasteiger charge is -2.23. The number of nitrogens with one attached hydrogen (secondary N) is 1. The van der Waals surface area contributed by atoms with Crippen molar-refractivity contribution in [3.8, 4) is 0 Å². The van der Waals surface area contributed by atoms with E-state index in [1.165, 1.54) is 6.07 Å². The lowest BCUT2D eigenvalue weighted by atomic mass is 10.2. The molecule has 0 bridgehead atoms. The van der Waals surface area contributed by atoms with E-state index in [2.05, 4.69) is 5.32 Å². The molecule has 3 atom stereocenters. The lowest BCUT2D eigenvalue weighted by Crippen LogP contribution is -2.42. The van der Waals surface area contributed by atoms with Crippen molar-refractivity contribution in [3.05, 3.63) is 35.6 Å². The van der Waals surface area contributed by atoms with Gasteiger partial charge in [-0.3, -0.25) is 0 Å². The topological polar surface area (TPSA) is 61.7 Å². The molecule has 6 heteroatoms. The van der Waals surface area contributed by atoms with Crippen molar-refractivity contribution in [2.45, 2.75) is 30.9 Å². The van der Waals surface area contributed by atoms with Gasteiger partial charge in [-0.05, 0) is 19.2 Å². The molecule has 0 saturated carbocycles. The molecule has 21 heavy (non-hydrogen) atoms. The highest BCUT2D eigenvalue weighted by Gasteiger charge is 2.16. The smallest absolute Gasteiger partial charge is 0.128 e. The van der Waals surface area contributed by atoms with Crippen molar-refractivity contribution < 1.29 is 19.3 Å². The number of halogens is 1. The molecular weight excluding hydrogens is 293 g/mol. The zero-order valence-electron chi connectivity index (χ0n) is 12.5. The monoisotopic (exact) mass is 317 g/mol. The predicted molar refractivity (Wildman–Crippen MR) is 83.9 cm³/mol. The van der Waals surface area contributed by atoms with Gasteiger partial charge in [0.05, 0.1) is 25.9 Å². The maximum absolute atomic E-state index is 13.4. The molecule has 0 aliphatic rings. The van der Waals surface area contributed by atoms with Gasteiger partial charge >= 0.3 is 0 Å². The van der Waals surface area contributed by atoms with Crippen molar-refractivity contribution in [1.82, 2.24) is 5.32 Å². The third kappa shape index (κ3) is 6.76. The normalized spacial score (nSPS) is 15.7. The van der Waals surface area contributed by atoms with Crippen LogP contribution in [0.25, 0.3) is 0 Å². The van der Waals surface area contributed by atoms with Crippen LogP contribution in [0.1, 0.15) is 12.5 Å². The van der Waals surface area contributed by atoms with E-state index < -0.39 is 6.10 Å². The minimum Gasteiger partial charge on any atom is -0.395 e. The van der Waals surface area contributed by atoms with Crippen LogP contribution in [0.5, 0.6) is 0 Å². The van der Waals surface area contributed by atoms with Gasteiger partial charge in [0, 0.05) is 23.4 Å². The average Bonchev–Trinajstić information content (AvgIpc) is 2.48. The molecular formula is C15H24FNO3S. The van der Waals surface area contributed by atoms with E-state index in [1.807, 2.05) is 13.2 Å². The summed E-state index contributed by atoms with van der Waals surface area (Å²) in [5.74, 6) is -0.301. The molecule has 1 rings (SSSR count). The number of hydrogen-bond acceptors (Lipinski definition) is 5. The fourth-order valence-corrected chi connectivity index (χ4v) is 2.52. The molecule has 0 fully saturated rings. The van der Waals surface area contributed by atoms with E-state index >= 15 is 0 Å². The Hall–Kier alpha value is -0.660. The van der Waals surface area contributed by atoms with E-state index in [0.29, 0.717) is 12.1 Å². The van der Waals surface area contributed by atoms with Crippen molar-refractivity contribution in [2.24, 2.45) is 0 Å². The molecule has 0 aliphatic heterocycles. The highest BCUT2D eigenvalue weighted by Crippen LogP contribution is 2.10. The van der Waals surface area contributed by atoms with E-state index in [9.17, 15) is 14.6 Å². The molecule has 0 radical (unpaired) electrons. The minimum absolute atomic E-state index is 0.0891. The Morgan fingerprint density at radius 2 is 2.10 bits per heavy atom. The van der Waals surface area contributed by atoms with Crippen molar-refractivity contribution >= 4 is 11.8 Å². The number of ether oxygens (including phenoxy) is 1. The first-order valence-corrected chi connectivity index (χ1v) is 8.23. The van der Waals surface area contributed by atoms with Crippen LogP contribution >= 0.6 is 11.8 Å². The molecule has 1 aromatic rings. The van der Waals surface area contributed by atoms with Gasteiger partial charge in [-0.2, -0.15) is 11.8 Å². The first-order chi connectivity index (χ1) is 10.1. The molecule has 0 heterocycles. The van der Waals surface area contributed by atoms with Gasteiger partial charge in [0.25, 0.3) is 0 Å². The third-order valence-electron chi connectivity index (χ3n) is 3.24. The van der Waals surface area contributed by atoms with Gasteiger partial charge in [-0.25, -0.2) is 4.39 Å². The number of rotatable bonds is 10. The van der Waals surface area contributed by atoms with Gasteiger partial charge in [0.2, 0.25) is 0 Å². The number of aliphatic hydroxyl groups is 2. The Bertz CT molecular complexity index is 404. The molecule has 3 N–H and O–H groups in total. The van der Waals surface area contributed by atoms with Gasteiger partial charge in [-0.1, -0.05) is 18.2 Å². The molecule has 0 aromatic heterocycles. The van der Waals surface area contributed by atoms with Crippen LogP contribution in [0.15, 0.2) is 24.3 Å². The Balaban J connectivity index is 2.22. The summed E-state index contributed by atoms with van der Waals surface area (Å²) in [4.78, 5) is 0. The number of aliphatic hydroxyl groups excluding tert-OH is 2. The second-order valence-electron chi connectivity index (χ2n) is 4.91. The minimum atomic E-state index is -0.666. The summed E-state index contributed by atoms with van der Waals surface area (Å²) < 4.78 is 18.7. The lowest BCUT2D eigenvalue weighted by molar-refractivity contribution is 0.0266. The molecule has 0 amide bonds. The largest absolute Gasteiger partial charge is 0.395 e. The third-order valence-corrected chi connectivity index (χ3v) is 4.40. The summed E-state index contributed by atoms with van der Waals surface area (Å²) in [6.45, 7) is 2.70. The zero-order chi connectivity index (χ0) is 15.7. The summed E-state index contributed by atoms with van der Waals surface area (Å²) in [5.41, 5.74) is 0.480. The van der Waals surface area contributed by atoms with E-state index in [0.717, 1.165) is 0 Å². The van der Waals surface area contributed by atoms with Crippen molar-refractivity contribution in [2.75, 3.05) is 26.0 Å². The van der Waals surface area contributed by atoms with Gasteiger partial charge in [0.1, 0.15) is 5.82 Å². The first-order valence-electron chi connectivity index (χ1n) is 6.94. The van der Waals surface area contributed by atoms with Gasteiger partial charge in [0.15, 0.2) is 0 Å². The Morgan fingerprint density at radius 3 is 2.71 bits per heavy atom. The molecule has 0 spiro atoms. The number of hydrogen-bond donors (Lipinski definition) is 3. The van der Waals surface area contributed by atoms with Gasteiger partial charge < -0.3 is 20.3 Å². The first kappa shape index (κ1) is 18.4. The summed E-state index contributed by atoms with van der Waals surface area (Å²) in [7, 11) is 0. The van der Waals surface area contributed by atoms with Crippen LogP contribution in [-0.4, -0.2) is 53.6 Å². The number of thioether (sulfide) groups is 1. The van der Waals surface area contributed by atoms with E-state index in [-0.39, 0.29) is 36.9 Å². The van der Waals surface area contributed by atoms with E-state index in [1.54, 1.807) is 30.0 Å². The molecule has 1 aromatic carbocycles. The van der Waals surface area contributed by atoms with Crippen LogP contribution in [0.2, 0.25) is 0 Å². The molecule has 3 unspecified atom stereocenters. The zero-order valence-corrected chi connectivity index (χ0v) is 13.3. The van der Waals surface area contributed by atoms with E-state index in [4.69, 9.17) is 4.74 Å². The maximum atomic E-state index is 13.4. The summed E-state index contributed by atoms with van der Waals surface area (Å²) in [5, 5.41) is 22.2. The van der Waals surface area contributed by atoms with Crippen LogP contribution in [0.3, 0.4) is 0 Å². The summed E-state index contributed by atoms with van der Waals surface area (Å²) >= 11 is 1.58. The Kier molecular flexibility index (Phi) is 8.87. The standard InChI is InChI=1S/C15H24FNO3S/c1-11(15(8-18)21-2)17-7-13(19)10-20-9-12-5-3-4-6-14(12)16/h3-6,11,13,15,17-19H,7-10H2,1-2H3. The predicted octanol–water partition coefficient (Wildman–Crippen LogP) is 1.41. The number of benzene rings is 1. The Labute approximate surface area is 129 Å². The summed E-state index contributed by atoms with van der Waals surface area (Å²) in [6, 6.07) is 6.51. The average molecular weight is 317 g/mol. The molecule has 0 saturated heterocycles. The van der Waals surface area contributed by atoms with Crippen LogP contribution in [0, 0.1) is 5.82 Å². The van der Waals surface area contributed by atoms with Crippen molar-refractivity contribution in [3.63, 3.8) is 0 Å². The second kappa shape index (κ2) is 10.1.